The van der Waals surface area contributed by atoms with Gasteiger partial charge in [-0.1, -0.05) is 12.5 Å². The molecule has 2 unspecified atom stereocenters. The zero-order valence-electron chi connectivity index (χ0n) is 9.02. The lowest BCUT2D eigenvalue weighted by atomic mass is 10.0. The maximum Gasteiger partial charge on any atom is 0.0199 e. The van der Waals surface area contributed by atoms with Crippen molar-refractivity contribution in [1.29, 1.82) is 0 Å². The Labute approximate surface area is 100 Å². The van der Waals surface area contributed by atoms with E-state index in [1.807, 2.05) is 11.3 Å². The predicted octanol–water partition coefficient (Wildman–Crippen LogP) is 3.29. The van der Waals surface area contributed by atoms with Crippen molar-refractivity contribution in [3.8, 4) is 0 Å². The number of aryl methyl sites for hydroxylation is 1. The summed E-state index contributed by atoms with van der Waals surface area (Å²) in [5.41, 5.74) is 6.25. The Balaban J connectivity index is 1.74. The number of hydrogen-bond donors (Lipinski definition) is 1. The zero-order chi connectivity index (χ0) is 10.5. The van der Waals surface area contributed by atoms with Gasteiger partial charge in [0.15, 0.2) is 0 Å². The molecule has 0 spiro atoms. The van der Waals surface area contributed by atoms with E-state index in [0.717, 1.165) is 18.1 Å². The summed E-state index contributed by atoms with van der Waals surface area (Å²) in [7, 11) is 0. The van der Waals surface area contributed by atoms with Crippen LogP contribution in [-0.4, -0.2) is 17.0 Å². The van der Waals surface area contributed by atoms with Gasteiger partial charge in [0, 0.05) is 16.2 Å². The van der Waals surface area contributed by atoms with Gasteiger partial charge in [0.05, 0.1) is 0 Å². The Hall–Kier alpha value is 0.01000. The second-order valence-corrected chi connectivity index (χ2v) is 6.57. The summed E-state index contributed by atoms with van der Waals surface area (Å²) in [6.45, 7) is 0. The minimum atomic E-state index is 0.400. The molecule has 1 aromatic heterocycles. The molecule has 2 atom stereocenters. The van der Waals surface area contributed by atoms with E-state index in [1.165, 1.54) is 29.9 Å². The van der Waals surface area contributed by atoms with E-state index >= 15 is 0 Å². The van der Waals surface area contributed by atoms with Crippen molar-refractivity contribution in [2.45, 2.75) is 43.4 Å². The molecule has 0 aliphatic carbocycles. The molecule has 0 amide bonds. The topological polar surface area (TPSA) is 26.0 Å². The first-order chi connectivity index (χ1) is 7.36. The molecular weight excluding hydrogens is 222 g/mol. The molecule has 0 aromatic carbocycles. The predicted molar refractivity (Wildman–Crippen MR) is 70.7 cm³/mol. The van der Waals surface area contributed by atoms with Crippen LogP contribution in [0, 0.1) is 0 Å². The average molecular weight is 241 g/mol. The fraction of sp³-hybridized carbons (Fsp3) is 0.667. The molecule has 2 heterocycles. The summed E-state index contributed by atoms with van der Waals surface area (Å²) < 4.78 is 0. The smallest absolute Gasteiger partial charge is 0.0199 e. The average Bonchev–Trinajstić information content (AvgIpc) is 2.80. The number of nitrogens with two attached hydrogens (primary N) is 1. The van der Waals surface area contributed by atoms with Crippen LogP contribution in [0.1, 0.15) is 30.6 Å². The maximum atomic E-state index is 6.25. The van der Waals surface area contributed by atoms with Crippen LogP contribution in [0.15, 0.2) is 17.5 Å². The van der Waals surface area contributed by atoms with Crippen molar-refractivity contribution < 1.29 is 0 Å². The Morgan fingerprint density at radius 2 is 2.40 bits per heavy atom. The van der Waals surface area contributed by atoms with E-state index in [9.17, 15) is 0 Å². The van der Waals surface area contributed by atoms with Gasteiger partial charge in [-0.05, 0) is 42.9 Å². The molecule has 15 heavy (non-hydrogen) atoms. The van der Waals surface area contributed by atoms with Gasteiger partial charge in [0.25, 0.3) is 0 Å². The fourth-order valence-corrected chi connectivity index (χ4v) is 4.17. The summed E-state index contributed by atoms with van der Waals surface area (Å²) in [6.07, 6.45) is 6.41. The van der Waals surface area contributed by atoms with E-state index in [1.54, 1.807) is 0 Å². The van der Waals surface area contributed by atoms with Gasteiger partial charge in [-0.3, -0.25) is 0 Å². The summed E-state index contributed by atoms with van der Waals surface area (Å²) in [4.78, 5) is 1.48. The summed E-state index contributed by atoms with van der Waals surface area (Å²) in [5, 5.41) is 2.87. The minimum absolute atomic E-state index is 0.400. The summed E-state index contributed by atoms with van der Waals surface area (Å²) in [6, 6.07) is 4.74. The van der Waals surface area contributed by atoms with Crippen molar-refractivity contribution in [3.05, 3.63) is 22.4 Å². The Kier molecular flexibility index (Phi) is 4.54. The zero-order valence-corrected chi connectivity index (χ0v) is 10.7. The van der Waals surface area contributed by atoms with Crippen LogP contribution in [0.3, 0.4) is 0 Å². The summed E-state index contributed by atoms with van der Waals surface area (Å²) in [5.74, 6) is 1.32. The van der Waals surface area contributed by atoms with Gasteiger partial charge in [0.2, 0.25) is 0 Å². The molecule has 2 N–H and O–H groups in total. The van der Waals surface area contributed by atoms with Crippen molar-refractivity contribution in [2.75, 3.05) is 5.75 Å². The second-order valence-electron chi connectivity index (χ2n) is 4.19. The van der Waals surface area contributed by atoms with Crippen LogP contribution in [0.5, 0.6) is 0 Å². The largest absolute Gasteiger partial charge is 0.327 e. The van der Waals surface area contributed by atoms with Crippen LogP contribution < -0.4 is 5.73 Å². The first kappa shape index (κ1) is 11.5. The highest BCUT2D eigenvalue weighted by Crippen LogP contribution is 2.28. The monoisotopic (exact) mass is 241 g/mol. The molecule has 1 aliphatic rings. The highest BCUT2D eigenvalue weighted by atomic mass is 32.2. The molecule has 1 fully saturated rings. The number of hydrogen-bond acceptors (Lipinski definition) is 3. The number of thiophene rings is 1. The molecule has 3 heteroatoms. The van der Waals surface area contributed by atoms with Gasteiger partial charge >= 0.3 is 0 Å². The summed E-state index contributed by atoms with van der Waals surface area (Å²) >= 11 is 3.94. The van der Waals surface area contributed by atoms with Gasteiger partial charge in [-0.2, -0.15) is 11.8 Å². The van der Waals surface area contributed by atoms with Crippen LogP contribution in [0.25, 0.3) is 0 Å². The van der Waals surface area contributed by atoms with Crippen LogP contribution in [0.4, 0.5) is 0 Å². The Morgan fingerprint density at radius 1 is 1.47 bits per heavy atom. The van der Waals surface area contributed by atoms with E-state index in [-0.39, 0.29) is 0 Å². The van der Waals surface area contributed by atoms with Crippen molar-refractivity contribution >= 4 is 23.1 Å². The normalized spacial score (nSPS) is 23.9. The number of thioether (sulfide) groups is 1. The fourth-order valence-electron chi connectivity index (χ4n) is 2.05. The molecule has 1 saturated heterocycles. The lowest BCUT2D eigenvalue weighted by Gasteiger charge is -2.26. The third-order valence-corrected chi connectivity index (χ3v) is 5.47. The van der Waals surface area contributed by atoms with Crippen molar-refractivity contribution in [2.24, 2.45) is 5.73 Å². The molecule has 0 bridgehead atoms. The SMILES string of the molecule is NC(CCc1cccs1)C1CCCCS1. The quantitative estimate of drug-likeness (QED) is 0.875. The molecule has 0 saturated carbocycles. The molecule has 1 aromatic rings. The first-order valence-corrected chi connectivity index (χ1v) is 7.68. The van der Waals surface area contributed by atoms with Crippen LogP contribution in [0.2, 0.25) is 0 Å². The Bertz CT molecular complexity index is 265. The van der Waals surface area contributed by atoms with Crippen molar-refractivity contribution in [3.63, 3.8) is 0 Å². The van der Waals surface area contributed by atoms with Gasteiger partial charge in [-0.15, -0.1) is 11.3 Å². The highest BCUT2D eigenvalue weighted by Gasteiger charge is 2.20. The lowest BCUT2D eigenvalue weighted by molar-refractivity contribution is 0.534. The van der Waals surface area contributed by atoms with Gasteiger partial charge < -0.3 is 5.73 Å². The molecule has 0 radical (unpaired) electrons. The lowest BCUT2D eigenvalue weighted by Crippen LogP contribution is -2.34. The molecular formula is C12H19NS2. The van der Waals surface area contributed by atoms with Crippen LogP contribution in [-0.2, 0) is 6.42 Å². The molecule has 1 aliphatic heterocycles. The van der Waals surface area contributed by atoms with Crippen molar-refractivity contribution in [1.82, 2.24) is 0 Å². The highest BCUT2D eigenvalue weighted by molar-refractivity contribution is 8.00. The maximum absolute atomic E-state index is 6.25. The molecule has 84 valence electrons. The second kappa shape index (κ2) is 5.92. The van der Waals surface area contributed by atoms with Crippen LogP contribution >= 0.6 is 23.1 Å². The third-order valence-electron chi connectivity index (χ3n) is 3.00. The third kappa shape index (κ3) is 3.51. The van der Waals surface area contributed by atoms with E-state index in [4.69, 9.17) is 5.73 Å². The van der Waals surface area contributed by atoms with E-state index < -0.39 is 0 Å². The minimum Gasteiger partial charge on any atom is -0.327 e. The van der Waals surface area contributed by atoms with E-state index in [0.29, 0.717) is 6.04 Å². The molecule has 2 rings (SSSR count). The molecule has 1 nitrogen and oxygen atoms in total. The standard InChI is InChI=1S/C12H19NS2/c13-11(12-5-1-2-8-15-12)7-6-10-4-3-9-14-10/h3-4,9,11-12H,1-2,5-8,13H2. The van der Waals surface area contributed by atoms with E-state index in [2.05, 4.69) is 29.3 Å². The van der Waals surface area contributed by atoms with Gasteiger partial charge in [-0.25, -0.2) is 0 Å². The Morgan fingerprint density at radius 3 is 3.07 bits per heavy atom. The number of rotatable bonds is 4. The first-order valence-electron chi connectivity index (χ1n) is 5.76. The van der Waals surface area contributed by atoms with Gasteiger partial charge in [0.1, 0.15) is 0 Å².